The Labute approximate surface area is 97.4 Å². The van der Waals surface area contributed by atoms with Gasteiger partial charge in [-0.2, -0.15) is 0 Å². The number of likely N-dealkylation sites (N-methyl/N-ethyl adjacent to an activating group) is 1. The van der Waals surface area contributed by atoms with E-state index in [4.69, 9.17) is 10.5 Å². The minimum atomic E-state index is 0.733. The fraction of sp³-hybridized carbons (Fsp3) is 0.583. The van der Waals surface area contributed by atoms with Crippen molar-refractivity contribution in [1.82, 2.24) is 9.88 Å². The van der Waals surface area contributed by atoms with Gasteiger partial charge in [0.05, 0.1) is 12.3 Å². The number of hydrogen-bond acceptors (Lipinski definition) is 4. The number of anilines is 1. The minimum absolute atomic E-state index is 0.733. The van der Waals surface area contributed by atoms with Crippen LogP contribution in [0.3, 0.4) is 0 Å². The standard InChI is InChI=1S/C12H21N3O/c1-9-7-14-11(10(2)12(9)13)8-15(3)5-6-16-4/h7H,5-6,8H2,1-4H3,(H2,13,14). The third-order valence-corrected chi connectivity index (χ3v) is 2.77. The highest BCUT2D eigenvalue weighted by Gasteiger charge is 2.08. The van der Waals surface area contributed by atoms with Gasteiger partial charge in [0, 0.05) is 32.1 Å². The molecule has 0 aromatic carbocycles. The zero-order chi connectivity index (χ0) is 12.1. The molecule has 1 rings (SSSR count). The number of methoxy groups -OCH3 is 1. The molecule has 1 aromatic rings. The van der Waals surface area contributed by atoms with Crippen molar-refractivity contribution in [3.05, 3.63) is 23.0 Å². The molecule has 4 nitrogen and oxygen atoms in total. The lowest BCUT2D eigenvalue weighted by molar-refractivity contribution is 0.158. The lowest BCUT2D eigenvalue weighted by Crippen LogP contribution is -2.23. The molecule has 0 amide bonds. The fourth-order valence-electron chi connectivity index (χ4n) is 1.53. The first-order valence-electron chi connectivity index (χ1n) is 5.44. The average Bonchev–Trinajstić information content (AvgIpc) is 2.27. The molecule has 0 fully saturated rings. The summed E-state index contributed by atoms with van der Waals surface area (Å²) < 4.78 is 5.04. The summed E-state index contributed by atoms with van der Waals surface area (Å²) in [5.41, 5.74) is 10.0. The minimum Gasteiger partial charge on any atom is -0.398 e. The third-order valence-electron chi connectivity index (χ3n) is 2.77. The van der Waals surface area contributed by atoms with E-state index in [1.54, 1.807) is 7.11 Å². The molecular formula is C12H21N3O. The van der Waals surface area contributed by atoms with Crippen molar-refractivity contribution in [1.29, 1.82) is 0 Å². The predicted octanol–water partition coefficient (Wildman–Crippen LogP) is 1.36. The van der Waals surface area contributed by atoms with E-state index >= 15 is 0 Å². The van der Waals surface area contributed by atoms with Crippen molar-refractivity contribution in [2.24, 2.45) is 0 Å². The van der Waals surface area contributed by atoms with Crippen LogP contribution in [0.25, 0.3) is 0 Å². The molecule has 90 valence electrons. The van der Waals surface area contributed by atoms with E-state index in [1.807, 2.05) is 20.0 Å². The number of rotatable bonds is 5. The van der Waals surface area contributed by atoms with E-state index in [-0.39, 0.29) is 0 Å². The Bertz CT molecular complexity index is 352. The number of aryl methyl sites for hydroxylation is 1. The van der Waals surface area contributed by atoms with E-state index in [0.29, 0.717) is 0 Å². The first-order valence-corrected chi connectivity index (χ1v) is 5.44. The Balaban J connectivity index is 2.70. The van der Waals surface area contributed by atoms with Gasteiger partial charge in [0.25, 0.3) is 0 Å². The van der Waals surface area contributed by atoms with Crippen molar-refractivity contribution < 1.29 is 4.74 Å². The molecule has 16 heavy (non-hydrogen) atoms. The van der Waals surface area contributed by atoms with Crippen LogP contribution in [0.4, 0.5) is 5.69 Å². The summed E-state index contributed by atoms with van der Waals surface area (Å²) in [4.78, 5) is 6.60. The van der Waals surface area contributed by atoms with Crippen LogP contribution in [0, 0.1) is 13.8 Å². The summed E-state index contributed by atoms with van der Waals surface area (Å²) in [6.07, 6.45) is 1.84. The normalized spacial score (nSPS) is 11.1. The molecule has 1 aromatic heterocycles. The SMILES string of the molecule is COCCN(C)Cc1ncc(C)c(N)c1C. The van der Waals surface area contributed by atoms with Gasteiger partial charge in [-0.15, -0.1) is 0 Å². The molecule has 0 radical (unpaired) electrons. The van der Waals surface area contributed by atoms with Gasteiger partial charge >= 0.3 is 0 Å². The predicted molar refractivity (Wildman–Crippen MR) is 66.3 cm³/mol. The van der Waals surface area contributed by atoms with Gasteiger partial charge in [-0.25, -0.2) is 0 Å². The maximum Gasteiger partial charge on any atom is 0.0593 e. The van der Waals surface area contributed by atoms with Crippen LogP contribution in [-0.4, -0.2) is 37.2 Å². The van der Waals surface area contributed by atoms with Gasteiger partial charge < -0.3 is 10.5 Å². The van der Waals surface area contributed by atoms with Crippen LogP contribution in [0.5, 0.6) is 0 Å². The smallest absolute Gasteiger partial charge is 0.0593 e. The zero-order valence-corrected chi connectivity index (χ0v) is 10.6. The molecular weight excluding hydrogens is 202 g/mol. The molecule has 4 heteroatoms. The summed E-state index contributed by atoms with van der Waals surface area (Å²) in [7, 11) is 3.76. The van der Waals surface area contributed by atoms with E-state index in [1.165, 1.54) is 0 Å². The van der Waals surface area contributed by atoms with E-state index in [9.17, 15) is 0 Å². The maximum absolute atomic E-state index is 5.98. The monoisotopic (exact) mass is 223 g/mol. The third kappa shape index (κ3) is 3.18. The Hall–Kier alpha value is -1.13. The number of nitrogens with zero attached hydrogens (tertiary/aromatic N) is 2. The van der Waals surface area contributed by atoms with Crippen molar-refractivity contribution in [2.75, 3.05) is 33.0 Å². The lowest BCUT2D eigenvalue weighted by atomic mass is 10.1. The Morgan fingerprint density at radius 3 is 2.75 bits per heavy atom. The van der Waals surface area contributed by atoms with Crippen LogP contribution >= 0.6 is 0 Å². The molecule has 0 saturated heterocycles. The van der Waals surface area contributed by atoms with Gasteiger partial charge in [-0.1, -0.05) is 0 Å². The van der Waals surface area contributed by atoms with Crippen molar-refractivity contribution in [2.45, 2.75) is 20.4 Å². The topological polar surface area (TPSA) is 51.4 Å². The number of nitrogen functional groups attached to an aromatic ring is 1. The summed E-state index contributed by atoms with van der Waals surface area (Å²) in [5.74, 6) is 0. The van der Waals surface area contributed by atoms with Gasteiger partial charge in [-0.3, -0.25) is 9.88 Å². The number of nitrogens with two attached hydrogens (primary N) is 1. The Morgan fingerprint density at radius 2 is 2.12 bits per heavy atom. The fourth-order valence-corrected chi connectivity index (χ4v) is 1.53. The lowest BCUT2D eigenvalue weighted by Gasteiger charge is -2.17. The number of ether oxygens (including phenoxy) is 1. The molecule has 0 spiro atoms. The van der Waals surface area contributed by atoms with Crippen molar-refractivity contribution in [3.63, 3.8) is 0 Å². The Morgan fingerprint density at radius 1 is 1.44 bits per heavy atom. The number of aromatic nitrogens is 1. The molecule has 0 aliphatic rings. The van der Waals surface area contributed by atoms with E-state index < -0.39 is 0 Å². The number of pyridine rings is 1. The molecule has 2 N–H and O–H groups in total. The van der Waals surface area contributed by atoms with Gasteiger partial charge in [-0.05, 0) is 32.0 Å². The summed E-state index contributed by atoms with van der Waals surface area (Å²) in [5, 5.41) is 0. The highest BCUT2D eigenvalue weighted by molar-refractivity contribution is 5.53. The van der Waals surface area contributed by atoms with Gasteiger partial charge in [0.2, 0.25) is 0 Å². The van der Waals surface area contributed by atoms with Gasteiger partial charge in [0.15, 0.2) is 0 Å². The summed E-state index contributed by atoms with van der Waals surface area (Å²) in [6, 6.07) is 0. The maximum atomic E-state index is 5.98. The van der Waals surface area contributed by atoms with Crippen LogP contribution in [0.2, 0.25) is 0 Å². The molecule has 0 unspecified atom stereocenters. The second-order valence-electron chi connectivity index (χ2n) is 4.16. The summed E-state index contributed by atoms with van der Waals surface area (Å²) in [6.45, 7) is 6.44. The highest BCUT2D eigenvalue weighted by atomic mass is 16.5. The number of hydrogen-bond donors (Lipinski definition) is 1. The summed E-state index contributed by atoms with van der Waals surface area (Å²) >= 11 is 0. The second-order valence-corrected chi connectivity index (χ2v) is 4.16. The first-order chi connectivity index (χ1) is 7.56. The van der Waals surface area contributed by atoms with Crippen LogP contribution in [0.1, 0.15) is 16.8 Å². The average molecular weight is 223 g/mol. The Kier molecular flexibility index (Phi) is 4.71. The van der Waals surface area contributed by atoms with Crippen molar-refractivity contribution in [3.8, 4) is 0 Å². The highest BCUT2D eigenvalue weighted by Crippen LogP contribution is 2.18. The molecule has 0 saturated carbocycles. The first kappa shape index (κ1) is 12.9. The largest absolute Gasteiger partial charge is 0.398 e. The zero-order valence-electron chi connectivity index (χ0n) is 10.6. The van der Waals surface area contributed by atoms with E-state index in [2.05, 4.69) is 16.9 Å². The van der Waals surface area contributed by atoms with Crippen LogP contribution in [-0.2, 0) is 11.3 Å². The molecule has 1 heterocycles. The van der Waals surface area contributed by atoms with Crippen LogP contribution < -0.4 is 5.73 Å². The van der Waals surface area contributed by atoms with Gasteiger partial charge in [0.1, 0.15) is 0 Å². The quantitative estimate of drug-likeness (QED) is 0.819. The second kappa shape index (κ2) is 5.82. The van der Waals surface area contributed by atoms with Crippen molar-refractivity contribution >= 4 is 5.69 Å². The molecule has 0 aliphatic carbocycles. The molecule has 0 bridgehead atoms. The van der Waals surface area contributed by atoms with E-state index in [0.717, 1.165) is 42.2 Å². The molecule has 0 aliphatic heterocycles. The van der Waals surface area contributed by atoms with Crippen LogP contribution in [0.15, 0.2) is 6.20 Å². The molecule has 0 atom stereocenters.